The summed E-state index contributed by atoms with van der Waals surface area (Å²) in [5, 5.41) is 3.15. The molecule has 1 amide bonds. The number of nitrogens with one attached hydrogen (secondary N) is 1. The highest BCUT2D eigenvalue weighted by Gasteiger charge is 2.05. The molecule has 1 N–H and O–H groups in total. The second-order valence-corrected chi connectivity index (χ2v) is 5.35. The second-order valence-electron chi connectivity index (χ2n) is 3.92. The van der Waals surface area contributed by atoms with Crippen molar-refractivity contribution in [3.63, 3.8) is 0 Å². The number of benzene rings is 1. The van der Waals surface area contributed by atoms with Crippen molar-refractivity contribution in [2.75, 3.05) is 26.0 Å². The second kappa shape index (κ2) is 9.18. The predicted molar refractivity (Wildman–Crippen MR) is 77.1 cm³/mol. The summed E-state index contributed by atoms with van der Waals surface area (Å²) in [6.45, 7) is 1.23. The zero-order chi connectivity index (χ0) is 14.1. The smallest absolute Gasteiger partial charge is 0.230 e. The van der Waals surface area contributed by atoms with Gasteiger partial charge in [-0.05, 0) is 24.1 Å². The van der Waals surface area contributed by atoms with Gasteiger partial charge in [0.25, 0.3) is 0 Å². The van der Waals surface area contributed by atoms with Crippen LogP contribution in [0.1, 0.15) is 12.0 Å². The first-order valence-corrected chi connectivity index (χ1v) is 7.44. The van der Waals surface area contributed by atoms with E-state index in [0.717, 1.165) is 6.42 Å². The van der Waals surface area contributed by atoms with Crippen LogP contribution >= 0.6 is 23.4 Å². The Morgan fingerprint density at radius 2 is 2.32 bits per heavy atom. The molecule has 19 heavy (non-hydrogen) atoms. The average Bonchev–Trinajstić information content (AvgIpc) is 2.37. The molecule has 0 aliphatic heterocycles. The van der Waals surface area contributed by atoms with Crippen molar-refractivity contribution >= 4 is 29.3 Å². The molecule has 0 bridgehead atoms. The van der Waals surface area contributed by atoms with Crippen LogP contribution in [0.4, 0.5) is 4.39 Å². The van der Waals surface area contributed by atoms with Crippen molar-refractivity contribution in [2.24, 2.45) is 0 Å². The Kier molecular flexibility index (Phi) is 7.86. The van der Waals surface area contributed by atoms with E-state index in [2.05, 4.69) is 5.32 Å². The van der Waals surface area contributed by atoms with Crippen LogP contribution in [0.2, 0.25) is 5.02 Å². The van der Waals surface area contributed by atoms with E-state index in [1.807, 2.05) is 0 Å². The quantitative estimate of drug-likeness (QED) is 0.751. The molecular formula is C13H17ClFNO2S. The van der Waals surface area contributed by atoms with E-state index in [9.17, 15) is 9.18 Å². The first-order valence-electron chi connectivity index (χ1n) is 5.91. The van der Waals surface area contributed by atoms with Crippen molar-refractivity contribution in [3.8, 4) is 0 Å². The van der Waals surface area contributed by atoms with Crippen LogP contribution in [0.25, 0.3) is 0 Å². The number of ether oxygens (including phenoxy) is 1. The lowest BCUT2D eigenvalue weighted by Crippen LogP contribution is -2.26. The Morgan fingerprint density at radius 1 is 1.53 bits per heavy atom. The topological polar surface area (TPSA) is 38.3 Å². The van der Waals surface area contributed by atoms with Gasteiger partial charge in [0.05, 0.1) is 5.75 Å². The number of methoxy groups -OCH3 is 1. The molecule has 0 unspecified atom stereocenters. The molecule has 0 atom stereocenters. The molecule has 0 fully saturated rings. The molecule has 1 aromatic rings. The molecule has 1 rings (SSSR count). The van der Waals surface area contributed by atoms with Crippen molar-refractivity contribution in [1.82, 2.24) is 5.32 Å². The van der Waals surface area contributed by atoms with E-state index in [1.54, 1.807) is 19.2 Å². The van der Waals surface area contributed by atoms with Gasteiger partial charge in [0.2, 0.25) is 5.91 Å². The van der Waals surface area contributed by atoms with Gasteiger partial charge in [0.1, 0.15) is 5.82 Å². The Hall–Kier alpha value is -0.780. The van der Waals surface area contributed by atoms with E-state index in [-0.39, 0.29) is 11.7 Å². The first kappa shape index (κ1) is 16.3. The molecule has 0 aromatic heterocycles. The van der Waals surface area contributed by atoms with Gasteiger partial charge < -0.3 is 10.1 Å². The minimum absolute atomic E-state index is 0.0459. The molecule has 0 aliphatic rings. The summed E-state index contributed by atoms with van der Waals surface area (Å²) in [4.78, 5) is 11.4. The van der Waals surface area contributed by atoms with E-state index in [0.29, 0.717) is 35.2 Å². The maximum absolute atomic E-state index is 13.5. The van der Waals surface area contributed by atoms with Gasteiger partial charge in [-0.25, -0.2) is 4.39 Å². The fourth-order valence-electron chi connectivity index (χ4n) is 1.39. The summed E-state index contributed by atoms with van der Waals surface area (Å²) in [6.07, 6.45) is 0.790. The van der Waals surface area contributed by atoms with E-state index in [4.69, 9.17) is 16.3 Å². The van der Waals surface area contributed by atoms with Crippen LogP contribution in [0.15, 0.2) is 18.2 Å². The van der Waals surface area contributed by atoms with Gasteiger partial charge >= 0.3 is 0 Å². The molecule has 0 spiro atoms. The van der Waals surface area contributed by atoms with Gasteiger partial charge in [-0.15, -0.1) is 11.8 Å². The van der Waals surface area contributed by atoms with Crippen molar-refractivity contribution in [2.45, 2.75) is 12.2 Å². The van der Waals surface area contributed by atoms with Crippen molar-refractivity contribution in [3.05, 3.63) is 34.6 Å². The third kappa shape index (κ3) is 6.80. The van der Waals surface area contributed by atoms with E-state index < -0.39 is 0 Å². The zero-order valence-electron chi connectivity index (χ0n) is 10.7. The zero-order valence-corrected chi connectivity index (χ0v) is 12.3. The van der Waals surface area contributed by atoms with Crippen molar-refractivity contribution < 1.29 is 13.9 Å². The number of hydrogen-bond acceptors (Lipinski definition) is 3. The largest absolute Gasteiger partial charge is 0.385 e. The minimum atomic E-state index is -0.333. The summed E-state index contributed by atoms with van der Waals surface area (Å²) in [5.41, 5.74) is 0.557. The Bertz CT molecular complexity index is 418. The van der Waals surface area contributed by atoms with Crippen LogP contribution in [0.3, 0.4) is 0 Å². The summed E-state index contributed by atoms with van der Waals surface area (Å²) < 4.78 is 18.3. The van der Waals surface area contributed by atoms with Crippen LogP contribution in [-0.4, -0.2) is 31.9 Å². The lowest BCUT2D eigenvalue weighted by Gasteiger charge is -2.05. The highest BCUT2D eigenvalue weighted by molar-refractivity contribution is 7.99. The maximum atomic E-state index is 13.5. The van der Waals surface area contributed by atoms with Crippen molar-refractivity contribution in [1.29, 1.82) is 0 Å². The summed E-state index contributed by atoms with van der Waals surface area (Å²) in [6, 6.07) is 4.56. The summed E-state index contributed by atoms with van der Waals surface area (Å²) in [5.74, 6) is 0.389. The number of carbonyl (C=O) groups excluding carboxylic acids is 1. The number of rotatable bonds is 8. The third-order valence-electron chi connectivity index (χ3n) is 2.35. The van der Waals surface area contributed by atoms with E-state index >= 15 is 0 Å². The highest BCUT2D eigenvalue weighted by atomic mass is 35.5. The van der Waals surface area contributed by atoms with Crippen LogP contribution < -0.4 is 5.32 Å². The van der Waals surface area contributed by atoms with Crippen LogP contribution in [0.5, 0.6) is 0 Å². The molecule has 0 saturated carbocycles. The molecule has 3 nitrogen and oxygen atoms in total. The standard InChI is InChI=1S/C13H17ClFNO2S/c1-18-6-2-5-16-13(17)9-19-8-10-3-4-11(14)7-12(10)15/h3-4,7H,2,5-6,8-9H2,1H3,(H,16,17). The Morgan fingerprint density at radius 3 is 3.00 bits per heavy atom. The maximum Gasteiger partial charge on any atom is 0.230 e. The molecule has 0 aliphatic carbocycles. The fraction of sp³-hybridized carbons (Fsp3) is 0.462. The van der Waals surface area contributed by atoms with Gasteiger partial charge in [-0.2, -0.15) is 0 Å². The molecule has 1 aromatic carbocycles. The molecule has 0 heterocycles. The summed E-state index contributed by atoms with van der Waals surface area (Å²) in [7, 11) is 1.62. The minimum Gasteiger partial charge on any atom is -0.385 e. The van der Waals surface area contributed by atoms with Gasteiger partial charge in [0, 0.05) is 31.0 Å². The fourth-order valence-corrected chi connectivity index (χ4v) is 2.39. The molecule has 0 saturated heterocycles. The number of halogens is 2. The highest BCUT2D eigenvalue weighted by Crippen LogP contribution is 2.19. The SMILES string of the molecule is COCCCNC(=O)CSCc1ccc(Cl)cc1F. The lowest BCUT2D eigenvalue weighted by atomic mass is 10.2. The van der Waals surface area contributed by atoms with Crippen LogP contribution in [0, 0.1) is 5.82 Å². The number of amides is 1. The monoisotopic (exact) mass is 305 g/mol. The van der Waals surface area contributed by atoms with E-state index in [1.165, 1.54) is 17.8 Å². The van der Waals surface area contributed by atoms with Gasteiger partial charge in [-0.3, -0.25) is 4.79 Å². The number of thioether (sulfide) groups is 1. The normalized spacial score (nSPS) is 10.5. The Labute approximate surface area is 121 Å². The summed E-state index contributed by atoms with van der Waals surface area (Å²) >= 11 is 7.04. The van der Waals surface area contributed by atoms with Gasteiger partial charge in [0.15, 0.2) is 0 Å². The van der Waals surface area contributed by atoms with Crippen LogP contribution in [-0.2, 0) is 15.3 Å². The number of carbonyl (C=O) groups is 1. The van der Waals surface area contributed by atoms with Gasteiger partial charge in [-0.1, -0.05) is 17.7 Å². The first-order chi connectivity index (χ1) is 9.13. The lowest BCUT2D eigenvalue weighted by molar-refractivity contribution is -0.118. The molecular weight excluding hydrogens is 289 g/mol. The predicted octanol–water partition coefficient (Wildman–Crippen LogP) is 2.87. The third-order valence-corrected chi connectivity index (χ3v) is 3.57. The number of hydrogen-bond donors (Lipinski definition) is 1. The molecule has 6 heteroatoms. The molecule has 106 valence electrons. The average molecular weight is 306 g/mol. The Balaban J connectivity index is 2.20. The molecule has 0 radical (unpaired) electrons.